The lowest BCUT2D eigenvalue weighted by Crippen LogP contribution is -2.53. The van der Waals surface area contributed by atoms with E-state index in [2.05, 4.69) is 0 Å². The Kier molecular flexibility index (Phi) is 5.18. The van der Waals surface area contributed by atoms with Gasteiger partial charge in [0.1, 0.15) is 6.10 Å². The standard InChI is InChI=1S/C11H22N2O3/c1-8(15-2)11(14)13-5-4-10(16-3)6-9(13)7-12/h8-10H,4-7,12H2,1-3H3. The first kappa shape index (κ1) is 13.4. The molecule has 1 heterocycles. The van der Waals surface area contributed by atoms with E-state index in [9.17, 15) is 4.79 Å². The molecule has 3 atom stereocenters. The highest BCUT2D eigenvalue weighted by atomic mass is 16.5. The molecule has 1 aliphatic heterocycles. The summed E-state index contributed by atoms with van der Waals surface area (Å²) >= 11 is 0. The average molecular weight is 230 g/mol. The number of rotatable bonds is 4. The second kappa shape index (κ2) is 6.18. The number of hydrogen-bond acceptors (Lipinski definition) is 4. The van der Waals surface area contributed by atoms with Gasteiger partial charge in [0, 0.05) is 33.4 Å². The van der Waals surface area contributed by atoms with Crippen molar-refractivity contribution in [2.45, 2.75) is 38.0 Å². The van der Waals surface area contributed by atoms with Crippen LogP contribution in [0.5, 0.6) is 0 Å². The summed E-state index contributed by atoms with van der Waals surface area (Å²) in [7, 11) is 3.25. The molecule has 1 saturated heterocycles. The number of methoxy groups -OCH3 is 2. The topological polar surface area (TPSA) is 64.8 Å². The molecule has 0 saturated carbocycles. The fourth-order valence-electron chi connectivity index (χ4n) is 2.08. The first-order chi connectivity index (χ1) is 7.63. The van der Waals surface area contributed by atoms with Crippen molar-refractivity contribution in [3.05, 3.63) is 0 Å². The van der Waals surface area contributed by atoms with Gasteiger partial charge >= 0.3 is 0 Å². The van der Waals surface area contributed by atoms with E-state index in [-0.39, 0.29) is 18.1 Å². The highest BCUT2D eigenvalue weighted by molar-refractivity contribution is 5.81. The number of ether oxygens (including phenoxy) is 2. The zero-order valence-electron chi connectivity index (χ0n) is 10.3. The summed E-state index contributed by atoms with van der Waals surface area (Å²) in [6.45, 7) is 2.94. The third kappa shape index (κ3) is 2.93. The molecule has 3 unspecified atom stereocenters. The van der Waals surface area contributed by atoms with E-state index >= 15 is 0 Å². The summed E-state index contributed by atoms with van der Waals surface area (Å²) in [4.78, 5) is 13.8. The lowest BCUT2D eigenvalue weighted by atomic mass is 9.98. The van der Waals surface area contributed by atoms with Gasteiger partial charge in [-0.05, 0) is 19.8 Å². The van der Waals surface area contributed by atoms with Crippen LogP contribution in [0, 0.1) is 0 Å². The van der Waals surface area contributed by atoms with Crippen molar-refractivity contribution >= 4 is 5.91 Å². The highest BCUT2D eigenvalue weighted by Crippen LogP contribution is 2.20. The summed E-state index contributed by atoms with van der Waals surface area (Å²) in [5, 5.41) is 0. The molecular weight excluding hydrogens is 208 g/mol. The van der Waals surface area contributed by atoms with Crippen LogP contribution in [0.1, 0.15) is 19.8 Å². The fourth-order valence-corrected chi connectivity index (χ4v) is 2.08. The van der Waals surface area contributed by atoms with Gasteiger partial charge in [-0.1, -0.05) is 0 Å². The maximum absolute atomic E-state index is 12.0. The third-order valence-electron chi connectivity index (χ3n) is 3.26. The second-order valence-electron chi connectivity index (χ2n) is 4.18. The van der Waals surface area contributed by atoms with Crippen molar-refractivity contribution in [2.24, 2.45) is 5.73 Å². The van der Waals surface area contributed by atoms with Crippen molar-refractivity contribution in [2.75, 3.05) is 27.3 Å². The van der Waals surface area contributed by atoms with E-state index in [1.54, 1.807) is 21.1 Å². The van der Waals surface area contributed by atoms with E-state index < -0.39 is 6.10 Å². The second-order valence-corrected chi connectivity index (χ2v) is 4.18. The summed E-state index contributed by atoms with van der Waals surface area (Å²) in [6.07, 6.45) is 1.51. The molecule has 5 heteroatoms. The molecule has 0 radical (unpaired) electrons. The number of carbonyl (C=O) groups excluding carboxylic acids is 1. The predicted octanol–water partition coefficient (Wildman–Crippen LogP) is -0.0140. The van der Waals surface area contributed by atoms with Crippen molar-refractivity contribution in [3.63, 3.8) is 0 Å². The van der Waals surface area contributed by atoms with Crippen LogP contribution in [0.15, 0.2) is 0 Å². The summed E-state index contributed by atoms with van der Waals surface area (Å²) in [5.74, 6) is 0.0208. The molecule has 0 spiro atoms. The molecule has 1 rings (SSSR count). The monoisotopic (exact) mass is 230 g/mol. The lowest BCUT2D eigenvalue weighted by Gasteiger charge is -2.39. The number of carbonyl (C=O) groups is 1. The molecule has 0 bridgehead atoms. The van der Waals surface area contributed by atoms with Crippen molar-refractivity contribution in [1.29, 1.82) is 0 Å². The zero-order valence-corrected chi connectivity index (χ0v) is 10.3. The Balaban J connectivity index is 2.62. The predicted molar refractivity (Wildman–Crippen MR) is 61.1 cm³/mol. The Morgan fingerprint density at radius 2 is 2.25 bits per heavy atom. The van der Waals surface area contributed by atoms with Crippen LogP contribution in [0.4, 0.5) is 0 Å². The van der Waals surface area contributed by atoms with Crippen molar-refractivity contribution in [1.82, 2.24) is 4.90 Å². The van der Waals surface area contributed by atoms with Crippen LogP contribution in [-0.2, 0) is 14.3 Å². The minimum Gasteiger partial charge on any atom is -0.381 e. The molecule has 2 N–H and O–H groups in total. The van der Waals surface area contributed by atoms with Gasteiger partial charge in [0.15, 0.2) is 0 Å². The Morgan fingerprint density at radius 1 is 1.56 bits per heavy atom. The summed E-state index contributed by atoms with van der Waals surface area (Å²) < 4.78 is 10.4. The van der Waals surface area contributed by atoms with Gasteiger partial charge in [-0.2, -0.15) is 0 Å². The van der Waals surface area contributed by atoms with Crippen LogP contribution in [0.25, 0.3) is 0 Å². The van der Waals surface area contributed by atoms with Gasteiger partial charge in [-0.25, -0.2) is 0 Å². The van der Waals surface area contributed by atoms with Crippen molar-refractivity contribution in [3.8, 4) is 0 Å². The maximum Gasteiger partial charge on any atom is 0.251 e. The van der Waals surface area contributed by atoms with Gasteiger partial charge < -0.3 is 20.1 Å². The molecule has 0 aromatic rings. The molecule has 1 amide bonds. The van der Waals surface area contributed by atoms with Crippen LogP contribution >= 0.6 is 0 Å². The molecule has 16 heavy (non-hydrogen) atoms. The Hall–Kier alpha value is -0.650. The van der Waals surface area contributed by atoms with E-state index in [1.165, 1.54) is 0 Å². The molecule has 0 aliphatic carbocycles. The fraction of sp³-hybridized carbons (Fsp3) is 0.909. The molecule has 1 fully saturated rings. The number of likely N-dealkylation sites (tertiary alicyclic amines) is 1. The molecule has 0 aromatic carbocycles. The molecule has 0 aromatic heterocycles. The van der Waals surface area contributed by atoms with E-state index in [0.717, 1.165) is 12.8 Å². The normalized spacial score (nSPS) is 27.9. The van der Waals surface area contributed by atoms with Gasteiger partial charge in [-0.15, -0.1) is 0 Å². The van der Waals surface area contributed by atoms with Gasteiger partial charge in [-0.3, -0.25) is 4.79 Å². The third-order valence-corrected chi connectivity index (χ3v) is 3.26. The van der Waals surface area contributed by atoms with Gasteiger partial charge in [0.25, 0.3) is 5.91 Å². The zero-order chi connectivity index (χ0) is 12.1. The van der Waals surface area contributed by atoms with Crippen molar-refractivity contribution < 1.29 is 14.3 Å². The van der Waals surface area contributed by atoms with Crippen LogP contribution in [0.2, 0.25) is 0 Å². The van der Waals surface area contributed by atoms with E-state index in [0.29, 0.717) is 13.1 Å². The first-order valence-electron chi connectivity index (χ1n) is 5.70. The first-order valence-corrected chi connectivity index (χ1v) is 5.70. The quantitative estimate of drug-likeness (QED) is 0.737. The average Bonchev–Trinajstić information content (AvgIpc) is 2.35. The van der Waals surface area contributed by atoms with Crippen LogP contribution < -0.4 is 5.73 Å². The Labute approximate surface area is 96.9 Å². The number of nitrogens with two attached hydrogens (primary N) is 1. The minimum absolute atomic E-state index is 0.0208. The minimum atomic E-state index is -0.395. The lowest BCUT2D eigenvalue weighted by molar-refractivity contribution is -0.146. The number of piperidine rings is 1. The number of amides is 1. The number of hydrogen-bond donors (Lipinski definition) is 1. The van der Waals surface area contributed by atoms with Crippen LogP contribution in [0.3, 0.4) is 0 Å². The van der Waals surface area contributed by atoms with E-state index in [1.807, 2.05) is 4.90 Å². The number of nitrogens with zero attached hydrogens (tertiary/aromatic N) is 1. The van der Waals surface area contributed by atoms with E-state index in [4.69, 9.17) is 15.2 Å². The molecule has 94 valence electrons. The molecule has 5 nitrogen and oxygen atoms in total. The van der Waals surface area contributed by atoms with Gasteiger partial charge in [0.05, 0.1) is 6.10 Å². The smallest absolute Gasteiger partial charge is 0.251 e. The van der Waals surface area contributed by atoms with Gasteiger partial charge in [0.2, 0.25) is 0 Å². The summed E-state index contributed by atoms with van der Waals surface area (Å²) in [6, 6.07) is 0.0730. The Morgan fingerprint density at radius 3 is 2.75 bits per heavy atom. The maximum atomic E-state index is 12.0. The largest absolute Gasteiger partial charge is 0.381 e. The Bertz CT molecular complexity index is 235. The molecule has 1 aliphatic rings. The highest BCUT2D eigenvalue weighted by Gasteiger charge is 2.32. The van der Waals surface area contributed by atoms with Crippen LogP contribution in [-0.4, -0.2) is 56.4 Å². The molecular formula is C11H22N2O3. The SMILES string of the molecule is COC1CCN(C(=O)C(C)OC)C(CN)C1. The summed E-state index contributed by atoms with van der Waals surface area (Å²) in [5.41, 5.74) is 5.70.